The largest absolute Gasteiger partial charge is 0.441 e. The number of thioether (sulfide) groups is 1. The molecule has 0 radical (unpaired) electrons. The summed E-state index contributed by atoms with van der Waals surface area (Å²) in [5.74, 6) is 1.96. The summed E-state index contributed by atoms with van der Waals surface area (Å²) in [5, 5.41) is 4.63. The number of hydrogen-bond donors (Lipinski definition) is 2. The lowest BCUT2D eigenvalue weighted by Crippen LogP contribution is -2.16. The first kappa shape index (κ1) is 28.2. The van der Waals surface area contributed by atoms with Gasteiger partial charge in [0.25, 0.3) is 0 Å². The molecule has 0 fully saturated rings. The summed E-state index contributed by atoms with van der Waals surface area (Å²) in [7, 11) is 0. The molecule has 40 heavy (non-hydrogen) atoms. The van der Waals surface area contributed by atoms with Gasteiger partial charge in [-0.3, -0.25) is 0 Å². The van der Waals surface area contributed by atoms with Crippen molar-refractivity contribution in [3.8, 4) is 22.5 Å². The molecule has 0 saturated heterocycles. The summed E-state index contributed by atoms with van der Waals surface area (Å²) in [6.07, 6.45) is 10.8. The van der Waals surface area contributed by atoms with Crippen molar-refractivity contribution >= 4 is 22.9 Å². The minimum atomic E-state index is 0.874. The van der Waals surface area contributed by atoms with Gasteiger partial charge in [-0.1, -0.05) is 110 Å². The zero-order chi connectivity index (χ0) is 27.2. The molecule has 2 aromatic heterocycles. The first-order valence-electron chi connectivity index (χ1n) is 14.8. The second-order valence-electron chi connectivity index (χ2n) is 10.2. The minimum absolute atomic E-state index is 0.874. The minimum Gasteiger partial charge on any atom is -0.441 e. The molecular weight excluding hydrogens is 512 g/mol. The Morgan fingerprint density at radius 3 is 2.08 bits per heavy atom. The van der Waals surface area contributed by atoms with Crippen molar-refractivity contribution in [1.29, 1.82) is 0 Å². The zero-order valence-corrected chi connectivity index (χ0v) is 24.1. The zero-order valence-electron chi connectivity index (χ0n) is 23.3. The maximum Gasteiger partial charge on any atom is 0.195 e. The first-order chi connectivity index (χ1) is 19.9. The number of unbranched alkanes of at least 4 members (excludes halogenated alkanes) is 6. The van der Waals surface area contributed by atoms with Crippen LogP contribution in [0.4, 0.5) is 0 Å². The van der Waals surface area contributed by atoms with Crippen LogP contribution in [0.1, 0.15) is 57.3 Å². The number of benzene rings is 3. The summed E-state index contributed by atoms with van der Waals surface area (Å²) < 4.78 is 5.81. The second kappa shape index (κ2) is 15.4. The van der Waals surface area contributed by atoms with Crippen LogP contribution in [-0.4, -0.2) is 33.8 Å². The molecule has 0 unspecified atom stereocenters. The van der Waals surface area contributed by atoms with E-state index < -0.39 is 0 Å². The van der Waals surface area contributed by atoms with Crippen LogP contribution in [0, 0.1) is 0 Å². The fourth-order valence-electron chi connectivity index (χ4n) is 4.94. The van der Waals surface area contributed by atoms with Gasteiger partial charge >= 0.3 is 0 Å². The van der Waals surface area contributed by atoms with Crippen molar-refractivity contribution in [3.63, 3.8) is 0 Å². The molecule has 0 saturated carbocycles. The molecule has 0 bridgehead atoms. The van der Waals surface area contributed by atoms with Crippen molar-refractivity contribution < 1.29 is 4.42 Å². The predicted octanol–water partition coefficient (Wildman–Crippen LogP) is 8.93. The van der Waals surface area contributed by atoms with Gasteiger partial charge in [-0.25, -0.2) is 9.97 Å². The molecule has 0 atom stereocenters. The molecular formula is C34H40N4OS. The van der Waals surface area contributed by atoms with Crippen LogP contribution < -0.4 is 5.32 Å². The number of aromatic nitrogens is 3. The number of aromatic amines is 1. The fourth-order valence-corrected chi connectivity index (χ4v) is 5.82. The number of H-pyrrole nitrogens is 1. The number of aryl methyl sites for hydroxylation is 1. The molecule has 5 rings (SSSR count). The lowest BCUT2D eigenvalue weighted by Gasteiger charge is -2.05. The Balaban J connectivity index is 0.904. The van der Waals surface area contributed by atoms with Crippen LogP contribution >= 0.6 is 11.8 Å². The smallest absolute Gasteiger partial charge is 0.195 e. The Labute approximate surface area is 242 Å². The number of nitrogens with zero attached hydrogens (tertiary/aromatic N) is 2. The molecule has 5 nitrogen and oxygen atoms in total. The molecule has 0 spiro atoms. The van der Waals surface area contributed by atoms with Gasteiger partial charge in [0.2, 0.25) is 0 Å². The Morgan fingerprint density at radius 2 is 1.30 bits per heavy atom. The normalized spacial score (nSPS) is 11.4. The molecule has 6 heteroatoms. The SMILES string of the molecule is c1ccc(-c2nc(SCCCCCNCCCCCCCc3nc4ccccc4o3)[nH]c2-c2ccccc2)cc1. The van der Waals surface area contributed by atoms with Gasteiger partial charge in [0.05, 0.1) is 11.4 Å². The van der Waals surface area contributed by atoms with Gasteiger partial charge in [0, 0.05) is 23.3 Å². The van der Waals surface area contributed by atoms with Gasteiger partial charge < -0.3 is 14.7 Å². The third-order valence-electron chi connectivity index (χ3n) is 7.11. The van der Waals surface area contributed by atoms with Gasteiger partial charge in [-0.2, -0.15) is 0 Å². The van der Waals surface area contributed by atoms with Gasteiger partial charge in [-0.05, 0) is 50.9 Å². The van der Waals surface area contributed by atoms with Gasteiger partial charge in [-0.15, -0.1) is 0 Å². The Kier molecular flexibility index (Phi) is 10.9. The van der Waals surface area contributed by atoms with E-state index in [4.69, 9.17) is 9.40 Å². The van der Waals surface area contributed by atoms with Crippen LogP contribution in [0.25, 0.3) is 33.6 Å². The number of para-hydroxylation sites is 2. The first-order valence-corrected chi connectivity index (χ1v) is 15.7. The Bertz CT molecular complexity index is 1320. The highest BCUT2D eigenvalue weighted by molar-refractivity contribution is 7.99. The van der Waals surface area contributed by atoms with Crippen LogP contribution in [0.15, 0.2) is 94.5 Å². The number of hydrogen-bond acceptors (Lipinski definition) is 5. The van der Waals surface area contributed by atoms with Crippen LogP contribution in [-0.2, 0) is 6.42 Å². The van der Waals surface area contributed by atoms with E-state index in [0.717, 1.165) is 70.8 Å². The van der Waals surface area contributed by atoms with Crippen molar-refractivity contribution in [3.05, 3.63) is 90.8 Å². The van der Waals surface area contributed by atoms with E-state index in [-0.39, 0.29) is 0 Å². The van der Waals surface area contributed by atoms with Crippen LogP contribution in [0.5, 0.6) is 0 Å². The van der Waals surface area contributed by atoms with Crippen molar-refractivity contribution in [2.24, 2.45) is 0 Å². The molecule has 208 valence electrons. The number of rotatable bonds is 17. The summed E-state index contributed by atoms with van der Waals surface area (Å²) in [6.45, 7) is 2.23. The standard InChI is InChI=1S/C34H40N4OS/c1(2-11-23-31-36-29-21-12-13-22-30(29)39-31)3-14-24-35-25-15-6-16-26-40-34-37-32(27-17-7-4-8-18-27)33(38-34)28-19-9-5-10-20-28/h4-5,7-10,12-13,17-22,35H,1-3,6,11,14-16,23-26H2,(H,37,38). The van der Waals surface area contributed by atoms with E-state index in [1.54, 1.807) is 0 Å². The van der Waals surface area contributed by atoms with E-state index in [9.17, 15) is 0 Å². The molecule has 2 heterocycles. The summed E-state index contributed by atoms with van der Waals surface area (Å²) in [6, 6.07) is 29.0. The Hall–Kier alpha value is -3.35. The third-order valence-corrected chi connectivity index (χ3v) is 8.07. The van der Waals surface area contributed by atoms with Gasteiger partial charge in [0.1, 0.15) is 5.52 Å². The van der Waals surface area contributed by atoms with E-state index in [1.807, 2.05) is 42.1 Å². The average molecular weight is 553 g/mol. The third kappa shape index (κ3) is 8.33. The maximum absolute atomic E-state index is 5.81. The molecule has 5 aromatic rings. The fraction of sp³-hybridized carbons (Fsp3) is 0.353. The number of nitrogens with one attached hydrogen (secondary N) is 2. The highest BCUT2D eigenvalue weighted by Crippen LogP contribution is 2.32. The second-order valence-corrected chi connectivity index (χ2v) is 11.3. The lowest BCUT2D eigenvalue weighted by atomic mass is 10.1. The van der Waals surface area contributed by atoms with Crippen LogP contribution in [0.2, 0.25) is 0 Å². The number of imidazole rings is 1. The average Bonchev–Trinajstić information content (AvgIpc) is 3.62. The monoisotopic (exact) mass is 552 g/mol. The van der Waals surface area contributed by atoms with Crippen molar-refractivity contribution in [1.82, 2.24) is 20.3 Å². The topological polar surface area (TPSA) is 66.7 Å². The Morgan fingerprint density at radius 1 is 0.650 bits per heavy atom. The molecule has 3 aromatic carbocycles. The van der Waals surface area contributed by atoms with E-state index in [1.165, 1.54) is 50.5 Å². The van der Waals surface area contributed by atoms with Gasteiger partial charge in [0.15, 0.2) is 16.6 Å². The molecule has 0 aliphatic rings. The maximum atomic E-state index is 5.81. The summed E-state index contributed by atoms with van der Waals surface area (Å²) in [5.41, 5.74) is 6.31. The number of fused-ring (bicyclic) bond motifs is 1. The predicted molar refractivity (Wildman–Crippen MR) is 168 cm³/mol. The highest BCUT2D eigenvalue weighted by atomic mass is 32.2. The molecule has 2 N–H and O–H groups in total. The highest BCUT2D eigenvalue weighted by Gasteiger charge is 2.14. The molecule has 0 aliphatic carbocycles. The summed E-state index contributed by atoms with van der Waals surface area (Å²) >= 11 is 1.83. The van der Waals surface area contributed by atoms with Crippen molar-refractivity contribution in [2.75, 3.05) is 18.8 Å². The van der Waals surface area contributed by atoms with Crippen molar-refractivity contribution in [2.45, 2.75) is 62.9 Å². The molecule has 0 amide bonds. The lowest BCUT2D eigenvalue weighted by molar-refractivity contribution is 0.502. The number of oxazole rings is 1. The van der Waals surface area contributed by atoms with E-state index in [0.29, 0.717) is 0 Å². The quantitative estimate of drug-likeness (QED) is 0.0890. The summed E-state index contributed by atoms with van der Waals surface area (Å²) in [4.78, 5) is 13.1. The molecule has 0 aliphatic heterocycles. The van der Waals surface area contributed by atoms with Crippen LogP contribution in [0.3, 0.4) is 0 Å². The van der Waals surface area contributed by atoms with E-state index >= 15 is 0 Å². The van der Waals surface area contributed by atoms with E-state index in [2.05, 4.69) is 69.9 Å².